The maximum Gasteiger partial charge on any atom is 0.434 e. The summed E-state index contributed by atoms with van der Waals surface area (Å²) in [6.45, 7) is 1.83. The number of halogens is 4. The topological polar surface area (TPSA) is 58.5 Å². The van der Waals surface area contributed by atoms with Gasteiger partial charge in [-0.3, -0.25) is 4.99 Å². The van der Waals surface area contributed by atoms with Gasteiger partial charge in [-0.2, -0.15) is 13.2 Å². The van der Waals surface area contributed by atoms with Crippen molar-refractivity contribution < 1.29 is 17.9 Å². The second-order valence-corrected chi connectivity index (χ2v) is 5.09. The Bertz CT molecular complexity index is 454. The van der Waals surface area contributed by atoms with Gasteiger partial charge >= 0.3 is 6.18 Å². The second kappa shape index (κ2) is 11.0. The van der Waals surface area contributed by atoms with Gasteiger partial charge < -0.3 is 15.4 Å². The molecule has 0 radical (unpaired) electrons. The molecule has 1 heterocycles. The van der Waals surface area contributed by atoms with E-state index in [1.165, 1.54) is 0 Å². The SMILES string of the molecule is CN=C(NCCCOC)NCCc1nc(C(F)(F)F)cs1.I. The molecule has 128 valence electrons. The van der Waals surface area contributed by atoms with Crippen LogP contribution >= 0.6 is 35.3 Å². The maximum absolute atomic E-state index is 12.4. The predicted molar refractivity (Wildman–Crippen MR) is 92.1 cm³/mol. The summed E-state index contributed by atoms with van der Waals surface area (Å²) in [4.78, 5) is 7.59. The smallest absolute Gasteiger partial charge is 0.385 e. The molecule has 0 bridgehead atoms. The Balaban J connectivity index is 0.00000441. The lowest BCUT2D eigenvalue weighted by Gasteiger charge is -2.10. The van der Waals surface area contributed by atoms with Crippen LogP contribution in [0.5, 0.6) is 0 Å². The van der Waals surface area contributed by atoms with Gasteiger partial charge in [0.05, 0.1) is 5.01 Å². The standard InChI is InChI=1S/C12H19F3N4OS.HI/c1-16-11(17-5-3-7-20-2)18-6-4-10-19-9(8-21-10)12(13,14)15;/h8H,3-7H2,1-2H3,(H2,16,17,18);1H. The number of alkyl halides is 3. The van der Waals surface area contributed by atoms with Crippen molar-refractivity contribution in [2.45, 2.75) is 19.0 Å². The van der Waals surface area contributed by atoms with Crippen LogP contribution in [0.3, 0.4) is 0 Å². The van der Waals surface area contributed by atoms with E-state index in [2.05, 4.69) is 20.6 Å². The lowest BCUT2D eigenvalue weighted by atomic mass is 10.4. The molecule has 0 saturated heterocycles. The van der Waals surface area contributed by atoms with E-state index in [9.17, 15) is 13.2 Å². The Morgan fingerprint density at radius 1 is 1.36 bits per heavy atom. The number of methoxy groups -OCH3 is 1. The Morgan fingerprint density at radius 2 is 2.05 bits per heavy atom. The minimum absolute atomic E-state index is 0. The van der Waals surface area contributed by atoms with Crippen LogP contribution in [0, 0.1) is 0 Å². The van der Waals surface area contributed by atoms with Gasteiger partial charge in [0.25, 0.3) is 0 Å². The van der Waals surface area contributed by atoms with Crippen molar-refractivity contribution in [1.29, 1.82) is 0 Å². The molecule has 1 aromatic rings. The number of ether oxygens (including phenoxy) is 1. The molecule has 22 heavy (non-hydrogen) atoms. The highest BCUT2D eigenvalue weighted by Crippen LogP contribution is 2.29. The van der Waals surface area contributed by atoms with Crippen molar-refractivity contribution in [2.24, 2.45) is 4.99 Å². The molecule has 0 spiro atoms. The average molecular weight is 452 g/mol. The van der Waals surface area contributed by atoms with Gasteiger partial charge in [0.15, 0.2) is 11.7 Å². The predicted octanol–water partition coefficient (Wildman–Crippen LogP) is 2.52. The summed E-state index contributed by atoms with van der Waals surface area (Å²) < 4.78 is 42.1. The highest BCUT2D eigenvalue weighted by molar-refractivity contribution is 14.0. The molecule has 0 aromatic carbocycles. The van der Waals surface area contributed by atoms with Crippen LogP contribution in [0.2, 0.25) is 0 Å². The Labute approximate surface area is 148 Å². The normalized spacial score (nSPS) is 12.0. The molecule has 10 heteroatoms. The van der Waals surface area contributed by atoms with Crippen molar-refractivity contribution in [1.82, 2.24) is 15.6 Å². The number of rotatable bonds is 7. The lowest BCUT2D eigenvalue weighted by Crippen LogP contribution is -2.39. The third-order valence-electron chi connectivity index (χ3n) is 2.51. The second-order valence-electron chi connectivity index (χ2n) is 4.15. The Kier molecular flexibility index (Phi) is 10.7. The molecule has 1 aromatic heterocycles. The molecule has 2 N–H and O–H groups in total. The van der Waals surface area contributed by atoms with Gasteiger partial charge in [0.1, 0.15) is 0 Å². The van der Waals surface area contributed by atoms with Gasteiger partial charge in [-0.05, 0) is 6.42 Å². The Hall–Kier alpha value is -0.620. The van der Waals surface area contributed by atoms with Crippen molar-refractivity contribution >= 4 is 41.3 Å². The van der Waals surface area contributed by atoms with E-state index in [0.29, 0.717) is 37.1 Å². The van der Waals surface area contributed by atoms with Crippen LogP contribution < -0.4 is 10.6 Å². The molecule has 0 amide bonds. The number of nitrogens with one attached hydrogen (secondary N) is 2. The zero-order valence-corrected chi connectivity index (χ0v) is 15.5. The molecular weight excluding hydrogens is 432 g/mol. The first-order chi connectivity index (χ1) is 9.97. The highest BCUT2D eigenvalue weighted by Gasteiger charge is 2.33. The van der Waals surface area contributed by atoms with Crippen molar-refractivity contribution in [3.63, 3.8) is 0 Å². The fraction of sp³-hybridized carbons (Fsp3) is 0.667. The summed E-state index contributed by atoms with van der Waals surface area (Å²) >= 11 is 1.01. The summed E-state index contributed by atoms with van der Waals surface area (Å²) in [6.07, 6.45) is -3.11. The first-order valence-corrected chi connectivity index (χ1v) is 7.30. The van der Waals surface area contributed by atoms with Crippen molar-refractivity contribution in [3.8, 4) is 0 Å². The zero-order valence-electron chi connectivity index (χ0n) is 12.4. The molecule has 0 fully saturated rings. The number of hydrogen-bond acceptors (Lipinski definition) is 4. The molecule has 0 unspecified atom stereocenters. The summed E-state index contributed by atoms with van der Waals surface area (Å²) in [5.74, 6) is 0.610. The third-order valence-corrected chi connectivity index (χ3v) is 3.42. The van der Waals surface area contributed by atoms with Crippen LogP contribution in [0.15, 0.2) is 10.4 Å². The van der Waals surface area contributed by atoms with Crippen LogP contribution in [0.25, 0.3) is 0 Å². The van der Waals surface area contributed by atoms with Crippen molar-refractivity contribution in [3.05, 3.63) is 16.1 Å². The monoisotopic (exact) mass is 452 g/mol. The van der Waals surface area contributed by atoms with Gasteiger partial charge in [-0.15, -0.1) is 35.3 Å². The molecule has 0 aliphatic rings. The van der Waals surface area contributed by atoms with Crippen LogP contribution in [-0.2, 0) is 17.3 Å². The molecule has 5 nitrogen and oxygen atoms in total. The van der Waals surface area contributed by atoms with Crippen LogP contribution in [-0.4, -0.2) is 44.8 Å². The first-order valence-electron chi connectivity index (χ1n) is 6.42. The van der Waals surface area contributed by atoms with Gasteiger partial charge in [-0.25, -0.2) is 4.98 Å². The van der Waals surface area contributed by atoms with E-state index in [1.807, 2.05) is 0 Å². The minimum atomic E-state index is -4.37. The average Bonchev–Trinajstić information content (AvgIpc) is 2.90. The number of aliphatic imine (C=N–C) groups is 1. The summed E-state index contributed by atoms with van der Waals surface area (Å²) in [5.41, 5.74) is -0.829. The van der Waals surface area contributed by atoms with Gasteiger partial charge in [0, 0.05) is 45.7 Å². The number of aromatic nitrogens is 1. The summed E-state index contributed by atoms with van der Waals surface area (Å²) in [6, 6.07) is 0. The fourth-order valence-corrected chi connectivity index (χ4v) is 2.29. The minimum Gasteiger partial charge on any atom is -0.385 e. The molecule has 0 atom stereocenters. The number of hydrogen-bond donors (Lipinski definition) is 2. The van der Waals surface area contributed by atoms with Gasteiger partial charge in [0.2, 0.25) is 0 Å². The first kappa shape index (κ1) is 21.4. The van der Waals surface area contributed by atoms with E-state index < -0.39 is 11.9 Å². The summed E-state index contributed by atoms with van der Waals surface area (Å²) in [5, 5.41) is 7.59. The fourth-order valence-electron chi connectivity index (χ4n) is 1.49. The van der Waals surface area contributed by atoms with Crippen LogP contribution in [0.1, 0.15) is 17.1 Å². The quantitative estimate of drug-likeness (QED) is 0.289. The number of guanidine groups is 1. The summed E-state index contributed by atoms with van der Waals surface area (Å²) in [7, 11) is 3.27. The molecular formula is C12H20F3IN4OS. The molecule has 1 rings (SSSR count). The van der Waals surface area contributed by atoms with E-state index in [1.54, 1.807) is 14.2 Å². The van der Waals surface area contributed by atoms with E-state index >= 15 is 0 Å². The van der Waals surface area contributed by atoms with E-state index in [0.717, 1.165) is 23.1 Å². The number of nitrogens with zero attached hydrogens (tertiary/aromatic N) is 2. The van der Waals surface area contributed by atoms with E-state index in [-0.39, 0.29) is 24.0 Å². The third kappa shape index (κ3) is 8.13. The highest BCUT2D eigenvalue weighted by atomic mass is 127. The maximum atomic E-state index is 12.4. The molecule has 0 aliphatic carbocycles. The molecule has 0 aliphatic heterocycles. The number of thiazole rings is 1. The Morgan fingerprint density at radius 3 is 2.59 bits per heavy atom. The van der Waals surface area contributed by atoms with Crippen molar-refractivity contribution in [2.75, 3.05) is 33.9 Å². The van der Waals surface area contributed by atoms with E-state index in [4.69, 9.17) is 4.74 Å². The zero-order chi connectivity index (χ0) is 15.7. The molecule has 0 saturated carbocycles. The largest absolute Gasteiger partial charge is 0.434 e. The lowest BCUT2D eigenvalue weighted by molar-refractivity contribution is -0.140. The van der Waals surface area contributed by atoms with Gasteiger partial charge in [-0.1, -0.05) is 0 Å². The van der Waals surface area contributed by atoms with Crippen LogP contribution in [0.4, 0.5) is 13.2 Å².